The van der Waals surface area contributed by atoms with E-state index in [1.807, 2.05) is 13.8 Å². The van der Waals surface area contributed by atoms with Crippen LogP contribution in [-0.4, -0.2) is 31.9 Å². The van der Waals surface area contributed by atoms with E-state index >= 15 is 0 Å². The molecule has 0 amide bonds. The first-order chi connectivity index (χ1) is 8.06. The maximum absolute atomic E-state index is 11.3. The van der Waals surface area contributed by atoms with Crippen molar-refractivity contribution in [1.82, 2.24) is 19.8 Å². The Morgan fingerprint density at radius 2 is 2.29 bits per heavy atom. The number of hydrogen-bond acceptors (Lipinski definition) is 5. The largest absolute Gasteiger partial charge is 0.366 e. The molecule has 0 aliphatic rings. The summed E-state index contributed by atoms with van der Waals surface area (Å²) in [6.07, 6.45) is 0.833. The van der Waals surface area contributed by atoms with Gasteiger partial charge in [-0.05, 0) is 32.4 Å². The number of rotatable bonds is 4. The second kappa shape index (κ2) is 4.54. The summed E-state index contributed by atoms with van der Waals surface area (Å²) < 4.78 is 1.22. The molecule has 7 heteroatoms. The van der Waals surface area contributed by atoms with Crippen molar-refractivity contribution in [3.63, 3.8) is 0 Å². The summed E-state index contributed by atoms with van der Waals surface area (Å²) >= 11 is 0. The molecule has 0 fully saturated rings. The molecule has 4 N–H and O–H groups in total. The van der Waals surface area contributed by atoms with Crippen LogP contribution in [0.3, 0.4) is 0 Å². The third kappa shape index (κ3) is 2.62. The van der Waals surface area contributed by atoms with Crippen LogP contribution in [0.2, 0.25) is 0 Å². The minimum Gasteiger partial charge on any atom is -0.366 e. The second-order valence-corrected chi connectivity index (χ2v) is 4.28. The highest BCUT2D eigenvalue weighted by Gasteiger charge is 2.07. The summed E-state index contributed by atoms with van der Waals surface area (Å²) in [5, 5.41) is 13.5. The Kier molecular flexibility index (Phi) is 3.10. The number of aromatic amines is 1. The summed E-state index contributed by atoms with van der Waals surface area (Å²) in [5.74, 6) is 0.633. The van der Waals surface area contributed by atoms with E-state index < -0.39 is 0 Å². The Labute approximate surface area is 98.0 Å². The fraction of sp³-hybridized carbons (Fsp3) is 0.500. The van der Waals surface area contributed by atoms with Gasteiger partial charge in [0.25, 0.3) is 0 Å². The summed E-state index contributed by atoms with van der Waals surface area (Å²) in [6.45, 7) is 3.97. The molecule has 2 rings (SSSR count). The molecule has 2 aromatic rings. The SMILES string of the molecule is CC(N)CC(C)Nc1ccc2n[nH]c(=O)n2n1. The highest BCUT2D eigenvalue weighted by molar-refractivity contribution is 5.43. The van der Waals surface area contributed by atoms with Crippen molar-refractivity contribution < 1.29 is 0 Å². The average Bonchev–Trinajstić information content (AvgIpc) is 2.59. The molecule has 0 aliphatic carbocycles. The van der Waals surface area contributed by atoms with E-state index in [4.69, 9.17) is 5.73 Å². The fourth-order valence-electron chi connectivity index (χ4n) is 1.75. The first kappa shape index (κ1) is 11.6. The van der Waals surface area contributed by atoms with E-state index in [1.54, 1.807) is 12.1 Å². The van der Waals surface area contributed by atoms with Crippen molar-refractivity contribution in [2.45, 2.75) is 32.4 Å². The van der Waals surface area contributed by atoms with Gasteiger partial charge in [-0.1, -0.05) is 0 Å². The van der Waals surface area contributed by atoms with Gasteiger partial charge in [-0.3, -0.25) is 0 Å². The second-order valence-electron chi connectivity index (χ2n) is 4.28. The van der Waals surface area contributed by atoms with E-state index in [9.17, 15) is 4.79 Å². The summed E-state index contributed by atoms with van der Waals surface area (Å²) in [4.78, 5) is 11.3. The smallest absolute Gasteiger partial charge is 0.364 e. The van der Waals surface area contributed by atoms with E-state index in [1.165, 1.54) is 4.52 Å². The number of aromatic nitrogens is 4. The predicted molar refractivity (Wildman–Crippen MR) is 65.0 cm³/mol. The van der Waals surface area contributed by atoms with Gasteiger partial charge in [0.05, 0.1) is 0 Å². The van der Waals surface area contributed by atoms with E-state index in [-0.39, 0.29) is 17.8 Å². The van der Waals surface area contributed by atoms with Crippen LogP contribution in [0, 0.1) is 0 Å². The molecule has 0 bridgehead atoms. The number of fused-ring (bicyclic) bond motifs is 1. The van der Waals surface area contributed by atoms with Crippen LogP contribution >= 0.6 is 0 Å². The van der Waals surface area contributed by atoms with E-state index in [0.29, 0.717) is 11.5 Å². The lowest BCUT2D eigenvalue weighted by Gasteiger charge is -2.16. The van der Waals surface area contributed by atoms with Crippen LogP contribution < -0.4 is 16.7 Å². The van der Waals surface area contributed by atoms with E-state index in [0.717, 1.165) is 6.42 Å². The molecule has 2 unspecified atom stereocenters. The first-order valence-electron chi connectivity index (χ1n) is 5.53. The zero-order valence-corrected chi connectivity index (χ0v) is 9.84. The Morgan fingerprint density at radius 1 is 1.53 bits per heavy atom. The highest BCUT2D eigenvalue weighted by atomic mass is 16.2. The van der Waals surface area contributed by atoms with Crippen molar-refractivity contribution in [2.24, 2.45) is 5.73 Å². The highest BCUT2D eigenvalue weighted by Crippen LogP contribution is 2.07. The Morgan fingerprint density at radius 3 is 3.00 bits per heavy atom. The zero-order valence-electron chi connectivity index (χ0n) is 9.84. The molecule has 7 nitrogen and oxygen atoms in total. The maximum atomic E-state index is 11.3. The third-order valence-corrected chi connectivity index (χ3v) is 2.39. The Hall–Kier alpha value is -1.89. The molecule has 0 aromatic carbocycles. The normalized spacial score (nSPS) is 14.8. The third-order valence-electron chi connectivity index (χ3n) is 2.39. The van der Waals surface area contributed by atoms with Crippen LogP contribution in [0.4, 0.5) is 5.82 Å². The van der Waals surface area contributed by atoms with Crippen LogP contribution in [-0.2, 0) is 0 Å². The monoisotopic (exact) mass is 236 g/mol. The molecule has 0 spiro atoms. The summed E-state index contributed by atoms with van der Waals surface area (Å²) in [6, 6.07) is 3.83. The van der Waals surface area contributed by atoms with Crippen molar-refractivity contribution >= 4 is 11.5 Å². The lowest BCUT2D eigenvalue weighted by atomic mass is 10.1. The van der Waals surface area contributed by atoms with Crippen LogP contribution in [0.15, 0.2) is 16.9 Å². The molecule has 92 valence electrons. The van der Waals surface area contributed by atoms with Crippen molar-refractivity contribution in [3.05, 3.63) is 22.6 Å². The number of hydrogen-bond donors (Lipinski definition) is 3. The van der Waals surface area contributed by atoms with Gasteiger partial charge >= 0.3 is 5.69 Å². The molecule has 0 aliphatic heterocycles. The molecule has 0 saturated heterocycles. The summed E-state index contributed by atoms with van der Waals surface area (Å²) in [7, 11) is 0. The van der Waals surface area contributed by atoms with Crippen molar-refractivity contribution in [1.29, 1.82) is 0 Å². The standard InChI is InChI=1S/C10H16N6O/c1-6(11)5-7(2)12-8-3-4-9-13-14-10(17)16(9)15-8/h3-4,6-7H,5,11H2,1-2H3,(H,12,15)(H,14,17). The quantitative estimate of drug-likeness (QED) is 0.691. The lowest BCUT2D eigenvalue weighted by Crippen LogP contribution is -2.27. The number of H-pyrrole nitrogens is 1. The number of anilines is 1. The van der Waals surface area contributed by atoms with Gasteiger partial charge in [0.2, 0.25) is 0 Å². The molecule has 2 heterocycles. The van der Waals surface area contributed by atoms with Gasteiger partial charge in [0, 0.05) is 12.1 Å². The van der Waals surface area contributed by atoms with Gasteiger partial charge in [0.15, 0.2) is 5.65 Å². The maximum Gasteiger partial charge on any atom is 0.364 e. The van der Waals surface area contributed by atoms with E-state index in [2.05, 4.69) is 20.6 Å². The van der Waals surface area contributed by atoms with Gasteiger partial charge in [-0.25, -0.2) is 9.89 Å². The van der Waals surface area contributed by atoms with Crippen LogP contribution in [0.25, 0.3) is 5.65 Å². The molecular formula is C10H16N6O. The Bertz CT molecular complexity index is 557. The van der Waals surface area contributed by atoms with Crippen LogP contribution in [0.1, 0.15) is 20.3 Å². The zero-order chi connectivity index (χ0) is 12.4. The topological polar surface area (TPSA) is 101 Å². The van der Waals surface area contributed by atoms with Crippen molar-refractivity contribution in [3.8, 4) is 0 Å². The fourth-order valence-corrected chi connectivity index (χ4v) is 1.75. The molecule has 2 aromatic heterocycles. The minimum atomic E-state index is -0.344. The summed E-state index contributed by atoms with van der Waals surface area (Å²) in [5.41, 5.74) is 5.87. The first-order valence-corrected chi connectivity index (χ1v) is 5.53. The molecule has 0 saturated carbocycles. The minimum absolute atomic E-state index is 0.123. The van der Waals surface area contributed by atoms with Crippen LogP contribution in [0.5, 0.6) is 0 Å². The molecule has 0 radical (unpaired) electrons. The lowest BCUT2D eigenvalue weighted by molar-refractivity contribution is 0.602. The van der Waals surface area contributed by atoms with Crippen molar-refractivity contribution in [2.75, 3.05) is 5.32 Å². The molecule has 17 heavy (non-hydrogen) atoms. The number of nitrogens with two attached hydrogens (primary N) is 1. The number of nitrogens with zero attached hydrogens (tertiary/aromatic N) is 3. The molecule has 2 atom stereocenters. The van der Waals surface area contributed by atoms with Gasteiger partial charge in [-0.15, -0.1) is 5.10 Å². The predicted octanol–water partition coefficient (Wildman–Crippen LogP) is -0.0447. The number of nitrogens with one attached hydrogen (secondary N) is 2. The Balaban J connectivity index is 2.19. The van der Waals surface area contributed by atoms with Gasteiger partial charge < -0.3 is 11.1 Å². The van der Waals surface area contributed by atoms with Gasteiger partial charge in [0.1, 0.15) is 5.82 Å². The molecular weight excluding hydrogens is 220 g/mol. The van der Waals surface area contributed by atoms with Gasteiger partial charge in [-0.2, -0.15) is 9.61 Å². The average molecular weight is 236 g/mol.